The van der Waals surface area contributed by atoms with Gasteiger partial charge in [-0.1, -0.05) is 12.1 Å². The zero-order chi connectivity index (χ0) is 15.8. The van der Waals surface area contributed by atoms with Crippen LogP contribution in [-0.4, -0.2) is 46.3 Å². The molecule has 2 aliphatic heterocycles. The van der Waals surface area contributed by atoms with Gasteiger partial charge in [-0.15, -0.1) is 0 Å². The summed E-state index contributed by atoms with van der Waals surface area (Å²) in [4.78, 5) is 17.9. The zero-order valence-corrected chi connectivity index (χ0v) is 13.7. The van der Waals surface area contributed by atoms with Crippen LogP contribution in [0.1, 0.15) is 38.6 Å². The van der Waals surface area contributed by atoms with E-state index in [1.807, 2.05) is 28.8 Å². The molecule has 0 radical (unpaired) electrons. The Labute approximate surface area is 136 Å². The van der Waals surface area contributed by atoms with Gasteiger partial charge in [0.15, 0.2) is 0 Å². The number of hydrogen-bond acceptors (Lipinski definition) is 3. The lowest BCUT2D eigenvalue weighted by molar-refractivity contribution is -0.0241. The molecule has 0 bridgehead atoms. The molecule has 1 aromatic carbocycles. The van der Waals surface area contributed by atoms with Crippen molar-refractivity contribution >= 4 is 11.0 Å². The number of aromatic nitrogens is 2. The largest absolute Gasteiger partial charge is 0.378 e. The number of imidazole rings is 1. The number of aromatic amines is 1. The van der Waals surface area contributed by atoms with Gasteiger partial charge in [-0.05, 0) is 44.7 Å². The van der Waals surface area contributed by atoms with Crippen LogP contribution in [0.15, 0.2) is 29.1 Å². The second-order valence-corrected chi connectivity index (χ2v) is 6.94. The van der Waals surface area contributed by atoms with E-state index in [4.69, 9.17) is 4.74 Å². The fourth-order valence-corrected chi connectivity index (χ4v) is 4.25. The van der Waals surface area contributed by atoms with E-state index < -0.39 is 0 Å². The van der Waals surface area contributed by atoms with Gasteiger partial charge in [-0.2, -0.15) is 0 Å². The monoisotopic (exact) mass is 315 g/mol. The number of hydrogen-bond donors (Lipinski definition) is 1. The van der Waals surface area contributed by atoms with Crippen LogP contribution in [0.5, 0.6) is 0 Å². The number of fused-ring (bicyclic) bond motifs is 1. The van der Waals surface area contributed by atoms with Gasteiger partial charge < -0.3 is 14.6 Å². The number of benzene rings is 1. The summed E-state index contributed by atoms with van der Waals surface area (Å²) < 4.78 is 7.64. The zero-order valence-electron chi connectivity index (χ0n) is 13.7. The Morgan fingerprint density at radius 1 is 1.13 bits per heavy atom. The molecule has 2 atom stereocenters. The van der Waals surface area contributed by atoms with Crippen molar-refractivity contribution in [2.24, 2.45) is 0 Å². The molecule has 2 fully saturated rings. The second-order valence-electron chi connectivity index (χ2n) is 6.94. The smallest absolute Gasteiger partial charge is 0.326 e. The van der Waals surface area contributed by atoms with Gasteiger partial charge in [-0.25, -0.2) is 4.79 Å². The van der Waals surface area contributed by atoms with Crippen molar-refractivity contribution in [3.63, 3.8) is 0 Å². The average Bonchev–Trinajstić information content (AvgIpc) is 2.91. The third-order valence-electron chi connectivity index (χ3n) is 5.46. The SMILES string of the molecule is C[C@H]1C[C@H](N2CCC(n3c(=O)[nH]c4ccccc43)CC2)CCO1. The van der Waals surface area contributed by atoms with Gasteiger partial charge in [0.1, 0.15) is 0 Å². The lowest BCUT2D eigenvalue weighted by atomic mass is 9.97. The summed E-state index contributed by atoms with van der Waals surface area (Å²) in [5, 5.41) is 0. The highest BCUT2D eigenvalue weighted by Crippen LogP contribution is 2.28. The standard InChI is InChI=1S/C18H25N3O2/c1-13-12-15(8-11-23-13)20-9-6-14(7-10-20)21-17-5-3-2-4-16(17)19-18(21)22/h2-5,13-15H,6-12H2,1H3,(H,19,22)/t13-,15+/m0/s1. The molecule has 23 heavy (non-hydrogen) atoms. The lowest BCUT2D eigenvalue weighted by Gasteiger charge is -2.40. The fraction of sp³-hybridized carbons (Fsp3) is 0.611. The maximum Gasteiger partial charge on any atom is 0.326 e. The molecule has 0 saturated carbocycles. The number of likely N-dealkylation sites (tertiary alicyclic amines) is 1. The Morgan fingerprint density at radius 2 is 1.91 bits per heavy atom. The van der Waals surface area contributed by atoms with Crippen LogP contribution in [-0.2, 0) is 4.74 Å². The van der Waals surface area contributed by atoms with E-state index >= 15 is 0 Å². The molecule has 5 nitrogen and oxygen atoms in total. The van der Waals surface area contributed by atoms with Gasteiger partial charge in [0.25, 0.3) is 0 Å². The maximum absolute atomic E-state index is 12.3. The van der Waals surface area contributed by atoms with E-state index in [1.54, 1.807) is 0 Å². The number of H-pyrrole nitrogens is 1. The predicted molar refractivity (Wildman–Crippen MR) is 90.8 cm³/mol. The molecule has 5 heteroatoms. The van der Waals surface area contributed by atoms with Crippen molar-refractivity contribution in [1.29, 1.82) is 0 Å². The first-order valence-electron chi connectivity index (χ1n) is 8.77. The van der Waals surface area contributed by atoms with Crippen LogP contribution >= 0.6 is 0 Å². The van der Waals surface area contributed by atoms with Crippen LogP contribution in [0, 0.1) is 0 Å². The minimum Gasteiger partial charge on any atom is -0.378 e. The molecule has 1 aromatic heterocycles. The minimum absolute atomic E-state index is 0.0318. The van der Waals surface area contributed by atoms with Crippen molar-refractivity contribution in [2.75, 3.05) is 19.7 Å². The maximum atomic E-state index is 12.3. The van der Waals surface area contributed by atoms with Crippen LogP contribution in [0.3, 0.4) is 0 Å². The first-order valence-corrected chi connectivity index (χ1v) is 8.77. The van der Waals surface area contributed by atoms with E-state index in [-0.39, 0.29) is 5.69 Å². The van der Waals surface area contributed by atoms with Crippen LogP contribution in [0.25, 0.3) is 11.0 Å². The summed E-state index contributed by atoms with van der Waals surface area (Å²) in [6.07, 6.45) is 4.75. The summed E-state index contributed by atoms with van der Waals surface area (Å²) in [5.41, 5.74) is 2.01. The van der Waals surface area contributed by atoms with Gasteiger partial charge >= 0.3 is 5.69 Å². The molecular formula is C18H25N3O2. The normalized spacial score (nSPS) is 27.5. The molecular weight excluding hydrogens is 290 g/mol. The van der Waals surface area contributed by atoms with Crippen molar-refractivity contribution in [3.05, 3.63) is 34.7 Å². The van der Waals surface area contributed by atoms with Gasteiger partial charge in [0.05, 0.1) is 17.1 Å². The first-order chi connectivity index (χ1) is 11.2. The summed E-state index contributed by atoms with van der Waals surface area (Å²) in [6.45, 7) is 5.21. The molecule has 2 saturated heterocycles. The van der Waals surface area contributed by atoms with E-state index in [0.29, 0.717) is 18.2 Å². The quantitative estimate of drug-likeness (QED) is 0.926. The number of ether oxygens (including phenoxy) is 1. The van der Waals surface area contributed by atoms with Crippen molar-refractivity contribution in [2.45, 2.75) is 50.8 Å². The van der Waals surface area contributed by atoms with Crippen LogP contribution in [0.4, 0.5) is 0 Å². The Hall–Kier alpha value is -1.59. The van der Waals surface area contributed by atoms with Crippen molar-refractivity contribution in [1.82, 2.24) is 14.5 Å². The lowest BCUT2D eigenvalue weighted by Crippen LogP contribution is -2.46. The Kier molecular flexibility index (Phi) is 3.99. The van der Waals surface area contributed by atoms with Gasteiger partial charge in [-0.3, -0.25) is 4.57 Å². The molecule has 1 N–H and O–H groups in total. The van der Waals surface area contributed by atoms with E-state index in [9.17, 15) is 4.79 Å². The van der Waals surface area contributed by atoms with Crippen molar-refractivity contribution in [3.8, 4) is 0 Å². The summed E-state index contributed by atoms with van der Waals surface area (Å²) in [7, 11) is 0. The van der Waals surface area contributed by atoms with Gasteiger partial charge in [0, 0.05) is 31.8 Å². The number of piperidine rings is 1. The molecule has 0 spiro atoms. The van der Waals surface area contributed by atoms with Gasteiger partial charge in [0.2, 0.25) is 0 Å². The van der Waals surface area contributed by atoms with E-state index in [2.05, 4.69) is 16.8 Å². The molecule has 4 rings (SSSR count). The summed E-state index contributed by atoms with van der Waals surface area (Å²) in [5.74, 6) is 0. The number of para-hydroxylation sites is 2. The molecule has 3 heterocycles. The van der Waals surface area contributed by atoms with E-state index in [0.717, 1.165) is 56.4 Å². The molecule has 124 valence electrons. The third-order valence-corrected chi connectivity index (χ3v) is 5.46. The van der Waals surface area contributed by atoms with E-state index in [1.165, 1.54) is 0 Å². The molecule has 2 aromatic rings. The summed E-state index contributed by atoms with van der Waals surface area (Å²) >= 11 is 0. The van der Waals surface area contributed by atoms with Crippen LogP contribution < -0.4 is 5.69 Å². The molecule has 0 amide bonds. The minimum atomic E-state index is 0.0318. The van der Waals surface area contributed by atoms with Crippen molar-refractivity contribution < 1.29 is 4.74 Å². The number of rotatable bonds is 2. The summed E-state index contributed by atoms with van der Waals surface area (Å²) in [6, 6.07) is 8.96. The number of nitrogens with zero attached hydrogens (tertiary/aromatic N) is 2. The molecule has 0 unspecified atom stereocenters. The average molecular weight is 315 g/mol. The predicted octanol–water partition coefficient (Wildman–Crippen LogP) is 2.53. The third kappa shape index (κ3) is 2.83. The molecule has 0 aliphatic carbocycles. The Bertz CT molecular complexity index is 727. The highest BCUT2D eigenvalue weighted by molar-refractivity contribution is 5.75. The fourth-order valence-electron chi connectivity index (χ4n) is 4.25. The number of nitrogens with one attached hydrogen (secondary N) is 1. The Balaban J connectivity index is 1.49. The first kappa shape index (κ1) is 15.0. The van der Waals surface area contributed by atoms with Crippen LogP contribution in [0.2, 0.25) is 0 Å². The highest BCUT2D eigenvalue weighted by atomic mass is 16.5. The topological polar surface area (TPSA) is 50.3 Å². The molecule has 2 aliphatic rings. The second kappa shape index (κ2) is 6.13. The highest BCUT2D eigenvalue weighted by Gasteiger charge is 2.30. The Morgan fingerprint density at radius 3 is 2.70 bits per heavy atom.